The molecule has 1 aromatic carbocycles. The molecule has 0 aromatic heterocycles. The van der Waals surface area contributed by atoms with Gasteiger partial charge in [0.05, 0.1) is 11.3 Å². The van der Waals surface area contributed by atoms with Gasteiger partial charge in [-0.3, -0.25) is 0 Å². The monoisotopic (exact) mass is 336 g/mol. The number of carboxylic acids is 1. The number of halogens is 3. The largest absolute Gasteiger partial charge is 0.480 e. The van der Waals surface area contributed by atoms with Crippen LogP contribution in [0.2, 0.25) is 0 Å². The Bertz CT molecular complexity index is 538. The molecule has 0 spiro atoms. The van der Waals surface area contributed by atoms with E-state index in [0.717, 1.165) is 12.1 Å². The van der Waals surface area contributed by atoms with Crippen LogP contribution in [0.5, 0.6) is 0 Å². The van der Waals surface area contributed by atoms with Crippen molar-refractivity contribution in [2.24, 2.45) is 0 Å². The number of aliphatic carboxylic acids is 1. The average molecular weight is 336 g/mol. The molecule has 0 aliphatic carbocycles. The van der Waals surface area contributed by atoms with E-state index in [4.69, 9.17) is 5.11 Å². The minimum absolute atomic E-state index is 0.171. The van der Waals surface area contributed by atoms with Crippen LogP contribution in [0.25, 0.3) is 0 Å². The summed E-state index contributed by atoms with van der Waals surface area (Å²) in [5, 5.41) is 13.2. The van der Waals surface area contributed by atoms with Gasteiger partial charge in [0.1, 0.15) is 6.04 Å². The molecule has 0 heterocycles. The quantitative estimate of drug-likeness (QED) is 0.746. The fourth-order valence-electron chi connectivity index (χ4n) is 1.65. The van der Waals surface area contributed by atoms with Gasteiger partial charge in [-0.15, -0.1) is 0 Å². The highest BCUT2D eigenvalue weighted by Gasteiger charge is 2.33. The number of alkyl halides is 3. The fourth-order valence-corrected chi connectivity index (χ4v) is 2.12. The Morgan fingerprint density at radius 3 is 2.50 bits per heavy atom. The van der Waals surface area contributed by atoms with E-state index < -0.39 is 35.5 Å². The van der Waals surface area contributed by atoms with Crippen molar-refractivity contribution in [1.82, 2.24) is 5.32 Å². The maximum Gasteiger partial charge on any atom is 0.418 e. The topological polar surface area (TPSA) is 78.4 Å². The molecule has 1 atom stereocenters. The van der Waals surface area contributed by atoms with Crippen molar-refractivity contribution < 1.29 is 27.9 Å². The van der Waals surface area contributed by atoms with Gasteiger partial charge in [0, 0.05) is 0 Å². The van der Waals surface area contributed by atoms with Crippen LogP contribution in [-0.4, -0.2) is 35.2 Å². The second kappa shape index (κ2) is 7.92. The third kappa shape index (κ3) is 5.47. The number of rotatable bonds is 6. The molecule has 5 nitrogen and oxygen atoms in total. The number of carbonyl (C=O) groups is 2. The zero-order valence-corrected chi connectivity index (χ0v) is 12.4. The molecular weight excluding hydrogens is 321 g/mol. The Kier molecular flexibility index (Phi) is 6.54. The number of amides is 2. The van der Waals surface area contributed by atoms with Gasteiger partial charge in [-0.05, 0) is 30.6 Å². The van der Waals surface area contributed by atoms with Crippen molar-refractivity contribution in [3.8, 4) is 0 Å². The Morgan fingerprint density at radius 2 is 1.95 bits per heavy atom. The first-order valence-corrected chi connectivity index (χ1v) is 7.60. The van der Waals surface area contributed by atoms with Crippen LogP contribution >= 0.6 is 11.8 Å². The number of nitrogens with one attached hydrogen (secondary N) is 2. The maximum atomic E-state index is 12.8. The molecule has 0 saturated carbocycles. The predicted octanol–water partition coefficient (Wildman–Crippen LogP) is 3.03. The van der Waals surface area contributed by atoms with Crippen LogP contribution in [0.4, 0.5) is 23.7 Å². The van der Waals surface area contributed by atoms with Gasteiger partial charge < -0.3 is 15.7 Å². The molecule has 2 amide bonds. The summed E-state index contributed by atoms with van der Waals surface area (Å²) in [6.07, 6.45) is -2.67. The van der Waals surface area contributed by atoms with E-state index >= 15 is 0 Å². The molecule has 0 fully saturated rings. The van der Waals surface area contributed by atoms with E-state index in [1.807, 2.05) is 5.32 Å². The summed E-state index contributed by atoms with van der Waals surface area (Å²) >= 11 is 1.40. The SMILES string of the molecule is CSCC[C@H](NC(=O)Nc1ccccc1C(F)(F)F)C(=O)O. The third-order valence-electron chi connectivity index (χ3n) is 2.69. The van der Waals surface area contributed by atoms with Crippen LogP contribution in [0, 0.1) is 0 Å². The summed E-state index contributed by atoms with van der Waals surface area (Å²) in [6, 6.07) is 2.31. The maximum absolute atomic E-state index is 12.8. The third-order valence-corrected chi connectivity index (χ3v) is 3.34. The van der Waals surface area contributed by atoms with Gasteiger partial charge in [-0.1, -0.05) is 12.1 Å². The molecule has 0 saturated heterocycles. The number of urea groups is 1. The summed E-state index contributed by atoms with van der Waals surface area (Å²) in [6.45, 7) is 0. The summed E-state index contributed by atoms with van der Waals surface area (Å²) in [5.41, 5.74) is -1.43. The molecule has 0 bridgehead atoms. The summed E-state index contributed by atoms with van der Waals surface area (Å²) < 4.78 is 38.4. The highest BCUT2D eigenvalue weighted by atomic mass is 32.2. The van der Waals surface area contributed by atoms with Crippen LogP contribution < -0.4 is 10.6 Å². The van der Waals surface area contributed by atoms with E-state index in [-0.39, 0.29) is 6.42 Å². The van der Waals surface area contributed by atoms with Gasteiger partial charge in [-0.25, -0.2) is 9.59 Å². The van der Waals surface area contributed by atoms with Gasteiger partial charge in [0.15, 0.2) is 0 Å². The van der Waals surface area contributed by atoms with E-state index in [2.05, 4.69) is 5.32 Å². The lowest BCUT2D eigenvalue weighted by molar-refractivity contribution is -0.139. The van der Waals surface area contributed by atoms with Gasteiger partial charge >= 0.3 is 18.2 Å². The van der Waals surface area contributed by atoms with E-state index in [1.165, 1.54) is 23.9 Å². The Labute approximate surface area is 129 Å². The molecule has 0 radical (unpaired) electrons. The first kappa shape index (κ1) is 18.1. The predicted molar refractivity (Wildman–Crippen MR) is 78.0 cm³/mol. The second-order valence-electron chi connectivity index (χ2n) is 4.31. The zero-order chi connectivity index (χ0) is 16.8. The lowest BCUT2D eigenvalue weighted by atomic mass is 10.1. The van der Waals surface area contributed by atoms with Crippen LogP contribution in [0.1, 0.15) is 12.0 Å². The van der Waals surface area contributed by atoms with E-state index in [1.54, 1.807) is 6.26 Å². The van der Waals surface area contributed by atoms with Crippen molar-refractivity contribution >= 4 is 29.4 Å². The average Bonchev–Trinajstić information content (AvgIpc) is 2.42. The van der Waals surface area contributed by atoms with Crippen molar-refractivity contribution in [3.63, 3.8) is 0 Å². The number of thioether (sulfide) groups is 1. The molecule has 22 heavy (non-hydrogen) atoms. The molecule has 1 aromatic rings. The summed E-state index contributed by atoms with van der Waals surface area (Å²) in [4.78, 5) is 22.7. The lowest BCUT2D eigenvalue weighted by Crippen LogP contribution is -2.43. The van der Waals surface area contributed by atoms with Crippen LogP contribution in [-0.2, 0) is 11.0 Å². The molecule has 0 aliphatic heterocycles. The highest BCUT2D eigenvalue weighted by Crippen LogP contribution is 2.34. The number of hydrogen-bond donors (Lipinski definition) is 3. The molecule has 0 unspecified atom stereocenters. The molecule has 9 heteroatoms. The van der Waals surface area contributed by atoms with Gasteiger partial charge in [0.2, 0.25) is 0 Å². The van der Waals surface area contributed by atoms with Crippen LogP contribution in [0.15, 0.2) is 24.3 Å². The minimum atomic E-state index is -4.62. The molecule has 0 aliphatic rings. The smallest absolute Gasteiger partial charge is 0.418 e. The van der Waals surface area contributed by atoms with Crippen LogP contribution in [0.3, 0.4) is 0 Å². The van der Waals surface area contributed by atoms with E-state index in [0.29, 0.717) is 5.75 Å². The van der Waals surface area contributed by atoms with E-state index in [9.17, 15) is 22.8 Å². The summed E-state index contributed by atoms with van der Waals surface area (Å²) in [7, 11) is 0. The highest BCUT2D eigenvalue weighted by molar-refractivity contribution is 7.98. The Hall–Kier alpha value is -1.90. The number of hydrogen-bond acceptors (Lipinski definition) is 3. The Morgan fingerprint density at radius 1 is 1.32 bits per heavy atom. The zero-order valence-electron chi connectivity index (χ0n) is 11.6. The van der Waals surface area contributed by atoms with Crippen molar-refractivity contribution in [2.45, 2.75) is 18.6 Å². The van der Waals surface area contributed by atoms with Crippen molar-refractivity contribution in [3.05, 3.63) is 29.8 Å². The van der Waals surface area contributed by atoms with Gasteiger partial charge in [-0.2, -0.15) is 24.9 Å². The fraction of sp³-hybridized carbons (Fsp3) is 0.385. The second-order valence-corrected chi connectivity index (χ2v) is 5.30. The van der Waals surface area contributed by atoms with Gasteiger partial charge in [0.25, 0.3) is 0 Å². The number of benzene rings is 1. The first-order valence-electron chi connectivity index (χ1n) is 6.21. The standard InChI is InChI=1S/C13H15F3N2O3S/c1-22-7-6-10(11(19)20)18-12(21)17-9-5-3-2-4-8(9)13(14,15)16/h2-5,10H,6-7H2,1H3,(H,19,20)(H2,17,18,21)/t10-/m0/s1. The number of anilines is 1. The first-order chi connectivity index (χ1) is 10.3. The normalized spacial score (nSPS) is 12.5. The molecule has 1 rings (SSSR count). The van der Waals surface area contributed by atoms with Crippen molar-refractivity contribution in [1.29, 1.82) is 0 Å². The minimum Gasteiger partial charge on any atom is -0.480 e. The lowest BCUT2D eigenvalue weighted by Gasteiger charge is -2.17. The van der Waals surface area contributed by atoms with Crippen molar-refractivity contribution in [2.75, 3.05) is 17.3 Å². The number of carboxylic acid groups (broad SMARTS) is 1. The summed E-state index contributed by atoms with van der Waals surface area (Å²) in [5.74, 6) is -0.746. The molecule has 122 valence electrons. The number of para-hydroxylation sites is 1. The molecular formula is C13H15F3N2O3S. The Balaban J connectivity index is 2.78. The number of carbonyl (C=O) groups excluding carboxylic acids is 1. The molecule has 3 N–H and O–H groups in total.